The number of rotatable bonds is 6. The molecule has 3 N–H and O–H groups in total. The number of nitrogens with two attached hydrogens (primary N) is 1. The van der Waals surface area contributed by atoms with Crippen LogP contribution in [0.5, 0.6) is 0 Å². The van der Waals surface area contributed by atoms with Crippen molar-refractivity contribution >= 4 is 27.3 Å². The van der Waals surface area contributed by atoms with Gasteiger partial charge in [-0.25, -0.2) is 13.1 Å². The molecule has 96 valence electrons. The van der Waals surface area contributed by atoms with Crippen LogP contribution in [-0.4, -0.2) is 28.7 Å². The molecular weight excluding hydrogens is 264 g/mol. The highest BCUT2D eigenvalue weighted by molar-refractivity contribution is 7.89. The van der Waals surface area contributed by atoms with E-state index in [0.29, 0.717) is 25.3 Å². The number of ether oxygens (including phenoxy) is 1. The summed E-state index contributed by atoms with van der Waals surface area (Å²) in [5, 5.41) is 0.227. The molecule has 0 bridgehead atoms. The fraction of sp³-hybridized carbons (Fsp3) is 0.400. The van der Waals surface area contributed by atoms with Crippen LogP contribution in [0.4, 0.5) is 5.69 Å². The minimum atomic E-state index is -3.53. The molecule has 0 saturated carbocycles. The van der Waals surface area contributed by atoms with E-state index in [1.54, 1.807) is 7.11 Å². The summed E-state index contributed by atoms with van der Waals surface area (Å²) in [7, 11) is -1.96. The van der Waals surface area contributed by atoms with Crippen molar-refractivity contribution in [2.24, 2.45) is 0 Å². The van der Waals surface area contributed by atoms with E-state index in [-0.39, 0.29) is 9.92 Å². The lowest BCUT2D eigenvalue weighted by Crippen LogP contribution is -2.25. The summed E-state index contributed by atoms with van der Waals surface area (Å²) in [5.74, 6) is 0. The molecule has 0 aliphatic rings. The molecule has 0 amide bonds. The Morgan fingerprint density at radius 1 is 1.47 bits per heavy atom. The molecule has 1 aromatic carbocycles. The van der Waals surface area contributed by atoms with Crippen LogP contribution in [0.1, 0.15) is 6.42 Å². The summed E-state index contributed by atoms with van der Waals surface area (Å²) in [5.41, 5.74) is 5.86. The standard InChI is InChI=1S/C10H15ClN2O3S/c1-16-6-2-5-13-17(14,15)8-3-4-10(12)9(11)7-8/h3-4,7,13H,2,5-6,12H2,1H3. The van der Waals surface area contributed by atoms with E-state index in [1.807, 2.05) is 0 Å². The number of nitrogens with one attached hydrogen (secondary N) is 1. The second kappa shape index (κ2) is 6.20. The van der Waals surface area contributed by atoms with Crippen LogP contribution in [0.2, 0.25) is 5.02 Å². The zero-order valence-corrected chi connectivity index (χ0v) is 11.0. The zero-order chi connectivity index (χ0) is 12.9. The molecule has 0 aliphatic heterocycles. The molecule has 1 rings (SSSR count). The van der Waals surface area contributed by atoms with Crippen LogP contribution in [0.15, 0.2) is 23.1 Å². The number of halogens is 1. The predicted molar refractivity (Wildman–Crippen MR) is 67.5 cm³/mol. The van der Waals surface area contributed by atoms with E-state index in [4.69, 9.17) is 22.1 Å². The van der Waals surface area contributed by atoms with Crippen molar-refractivity contribution < 1.29 is 13.2 Å². The first-order valence-electron chi connectivity index (χ1n) is 5.01. The molecule has 0 spiro atoms. The van der Waals surface area contributed by atoms with Gasteiger partial charge in [0, 0.05) is 20.3 Å². The molecule has 0 saturated heterocycles. The Morgan fingerprint density at radius 3 is 2.76 bits per heavy atom. The Kier molecular flexibility index (Phi) is 5.20. The molecule has 0 fully saturated rings. The van der Waals surface area contributed by atoms with E-state index in [9.17, 15) is 8.42 Å². The van der Waals surface area contributed by atoms with Gasteiger partial charge in [0.25, 0.3) is 0 Å². The lowest BCUT2D eigenvalue weighted by atomic mass is 10.3. The van der Waals surface area contributed by atoms with Gasteiger partial charge in [-0.3, -0.25) is 0 Å². The Balaban J connectivity index is 2.72. The number of hydrogen-bond acceptors (Lipinski definition) is 4. The summed E-state index contributed by atoms with van der Waals surface area (Å²) in [6.45, 7) is 0.823. The van der Waals surface area contributed by atoms with Gasteiger partial charge in [-0.1, -0.05) is 11.6 Å². The van der Waals surface area contributed by atoms with Gasteiger partial charge in [0.1, 0.15) is 0 Å². The van der Waals surface area contributed by atoms with Crippen molar-refractivity contribution in [2.45, 2.75) is 11.3 Å². The van der Waals surface area contributed by atoms with Crippen molar-refractivity contribution in [3.8, 4) is 0 Å². The third-order valence-corrected chi connectivity index (χ3v) is 3.89. The molecule has 7 heteroatoms. The maximum atomic E-state index is 11.8. The molecule has 0 heterocycles. The number of nitrogen functional groups attached to an aromatic ring is 1. The fourth-order valence-electron chi connectivity index (χ4n) is 1.18. The van der Waals surface area contributed by atoms with Crippen LogP contribution in [0.25, 0.3) is 0 Å². The molecule has 5 nitrogen and oxygen atoms in total. The second-order valence-electron chi connectivity index (χ2n) is 3.43. The highest BCUT2D eigenvalue weighted by Gasteiger charge is 2.14. The quantitative estimate of drug-likeness (QED) is 0.606. The first kappa shape index (κ1) is 14.2. The highest BCUT2D eigenvalue weighted by atomic mass is 35.5. The Morgan fingerprint density at radius 2 is 2.18 bits per heavy atom. The van der Waals surface area contributed by atoms with Gasteiger partial charge in [0.2, 0.25) is 10.0 Å². The lowest BCUT2D eigenvalue weighted by Gasteiger charge is -2.07. The molecule has 0 radical (unpaired) electrons. The van der Waals surface area contributed by atoms with Gasteiger partial charge >= 0.3 is 0 Å². The van der Waals surface area contributed by atoms with E-state index >= 15 is 0 Å². The first-order chi connectivity index (χ1) is 7.97. The van der Waals surface area contributed by atoms with Crippen molar-refractivity contribution in [3.63, 3.8) is 0 Å². The Labute approximate surface area is 106 Å². The molecule has 1 aromatic rings. The maximum absolute atomic E-state index is 11.8. The summed E-state index contributed by atoms with van der Waals surface area (Å²) in [6, 6.07) is 4.21. The summed E-state index contributed by atoms with van der Waals surface area (Å²) in [4.78, 5) is 0.106. The van der Waals surface area contributed by atoms with Crippen LogP contribution < -0.4 is 10.5 Å². The monoisotopic (exact) mass is 278 g/mol. The van der Waals surface area contributed by atoms with Crippen molar-refractivity contribution in [1.29, 1.82) is 0 Å². The number of hydrogen-bond donors (Lipinski definition) is 2. The lowest BCUT2D eigenvalue weighted by molar-refractivity contribution is 0.196. The molecule has 0 atom stereocenters. The molecular formula is C10H15ClN2O3S. The van der Waals surface area contributed by atoms with E-state index in [0.717, 1.165) is 0 Å². The van der Waals surface area contributed by atoms with Gasteiger partial charge in [0.05, 0.1) is 15.6 Å². The topological polar surface area (TPSA) is 81.4 Å². The van der Waals surface area contributed by atoms with Gasteiger partial charge in [-0.15, -0.1) is 0 Å². The average molecular weight is 279 g/mol. The SMILES string of the molecule is COCCCNS(=O)(=O)c1ccc(N)c(Cl)c1. The third kappa shape index (κ3) is 4.16. The fourth-order valence-corrected chi connectivity index (χ4v) is 2.53. The number of benzene rings is 1. The highest BCUT2D eigenvalue weighted by Crippen LogP contribution is 2.22. The van der Waals surface area contributed by atoms with Crippen molar-refractivity contribution in [1.82, 2.24) is 4.72 Å². The number of methoxy groups -OCH3 is 1. The minimum Gasteiger partial charge on any atom is -0.398 e. The van der Waals surface area contributed by atoms with Crippen LogP contribution in [0, 0.1) is 0 Å². The molecule has 0 unspecified atom stereocenters. The van der Waals surface area contributed by atoms with Gasteiger partial charge in [-0.05, 0) is 24.6 Å². The minimum absolute atomic E-state index is 0.106. The first-order valence-corrected chi connectivity index (χ1v) is 6.87. The third-order valence-electron chi connectivity index (χ3n) is 2.10. The van der Waals surface area contributed by atoms with Crippen molar-refractivity contribution in [2.75, 3.05) is 26.0 Å². The van der Waals surface area contributed by atoms with Gasteiger partial charge in [0.15, 0.2) is 0 Å². The largest absolute Gasteiger partial charge is 0.398 e. The maximum Gasteiger partial charge on any atom is 0.240 e. The smallest absolute Gasteiger partial charge is 0.240 e. The number of anilines is 1. The average Bonchev–Trinajstić information content (AvgIpc) is 2.28. The second-order valence-corrected chi connectivity index (χ2v) is 5.60. The van der Waals surface area contributed by atoms with Crippen molar-refractivity contribution in [3.05, 3.63) is 23.2 Å². The molecule has 17 heavy (non-hydrogen) atoms. The summed E-state index contributed by atoms with van der Waals surface area (Å²) < 4.78 is 30.9. The van der Waals surface area contributed by atoms with Crippen LogP contribution in [-0.2, 0) is 14.8 Å². The normalized spacial score (nSPS) is 11.6. The molecule has 0 aromatic heterocycles. The van der Waals surface area contributed by atoms with Crippen LogP contribution in [0.3, 0.4) is 0 Å². The van der Waals surface area contributed by atoms with E-state index in [1.165, 1.54) is 18.2 Å². The summed E-state index contributed by atoms with van der Waals surface area (Å²) >= 11 is 5.77. The van der Waals surface area contributed by atoms with Gasteiger partial charge < -0.3 is 10.5 Å². The zero-order valence-electron chi connectivity index (χ0n) is 9.44. The van der Waals surface area contributed by atoms with Crippen LogP contribution >= 0.6 is 11.6 Å². The Hall–Kier alpha value is -0.820. The number of sulfonamides is 1. The van der Waals surface area contributed by atoms with E-state index < -0.39 is 10.0 Å². The van der Waals surface area contributed by atoms with Gasteiger partial charge in [-0.2, -0.15) is 0 Å². The predicted octanol–water partition coefficient (Wildman–Crippen LogP) is 1.24. The van der Waals surface area contributed by atoms with E-state index in [2.05, 4.69) is 4.72 Å². The molecule has 0 aliphatic carbocycles. The summed E-state index contributed by atoms with van der Waals surface area (Å²) in [6.07, 6.45) is 0.610. The Bertz CT molecular complexity index is 476.